The Hall–Kier alpha value is -0.870. The minimum Gasteiger partial charge on any atom is -0.492 e. The fourth-order valence-corrected chi connectivity index (χ4v) is 1.45. The Morgan fingerprint density at radius 2 is 2.12 bits per heavy atom. The topological polar surface area (TPSA) is 29.5 Å². The van der Waals surface area contributed by atoms with Crippen molar-refractivity contribution in [1.29, 1.82) is 0 Å². The molecule has 17 heavy (non-hydrogen) atoms. The fraction of sp³-hybridized carbons (Fsp3) is 0.500. The Balaban J connectivity index is 3.03. The summed E-state index contributed by atoms with van der Waals surface area (Å²) >= 11 is 5.83. The van der Waals surface area contributed by atoms with E-state index in [9.17, 15) is 8.78 Å². The monoisotopic (exact) mass is 264 g/mol. The summed E-state index contributed by atoms with van der Waals surface area (Å²) in [4.78, 5) is 0. The van der Waals surface area contributed by atoms with E-state index in [0.717, 1.165) is 13.3 Å². The molecule has 0 aliphatic rings. The Kier molecular flexibility index (Phi) is 4.71. The quantitative estimate of drug-likeness (QED) is 0.880. The van der Waals surface area contributed by atoms with Crippen LogP contribution in [0.2, 0.25) is 5.02 Å². The van der Waals surface area contributed by atoms with Crippen molar-refractivity contribution in [2.45, 2.75) is 32.3 Å². The van der Waals surface area contributed by atoms with Crippen molar-refractivity contribution >= 4 is 11.6 Å². The predicted molar refractivity (Wildman–Crippen MR) is 62.8 cm³/mol. The van der Waals surface area contributed by atoms with Crippen LogP contribution in [0.15, 0.2) is 18.2 Å². The number of benzene rings is 1. The standard InChI is InChI=1S/C12H15ClF2O2/c1-3-6-17-11-7-9(4-5-10(11)13)12(14,15)8(2)16/h4-5,7-8,16H,3,6H2,1-2H3. The van der Waals surface area contributed by atoms with Gasteiger partial charge >= 0.3 is 0 Å². The summed E-state index contributed by atoms with van der Waals surface area (Å²) in [5, 5.41) is 9.33. The van der Waals surface area contributed by atoms with Crippen molar-refractivity contribution in [2.24, 2.45) is 0 Å². The minimum atomic E-state index is -3.31. The summed E-state index contributed by atoms with van der Waals surface area (Å²) in [5.74, 6) is -3.10. The molecule has 0 saturated heterocycles. The van der Waals surface area contributed by atoms with Crippen molar-refractivity contribution in [3.8, 4) is 5.75 Å². The first kappa shape index (κ1) is 14.2. The van der Waals surface area contributed by atoms with Crippen LogP contribution in [-0.2, 0) is 5.92 Å². The molecule has 0 spiro atoms. The molecule has 0 radical (unpaired) electrons. The summed E-state index contributed by atoms with van der Waals surface area (Å²) in [6.07, 6.45) is -1.00. The van der Waals surface area contributed by atoms with Gasteiger partial charge in [0.05, 0.1) is 11.6 Å². The maximum Gasteiger partial charge on any atom is 0.298 e. The molecule has 0 heterocycles. The molecule has 1 unspecified atom stereocenters. The highest BCUT2D eigenvalue weighted by molar-refractivity contribution is 6.32. The van der Waals surface area contributed by atoms with Gasteiger partial charge in [0.25, 0.3) is 5.92 Å². The average molecular weight is 265 g/mol. The maximum atomic E-state index is 13.6. The van der Waals surface area contributed by atoms with Gasteiger partial charge in [0.2, 0.25) is 0 Å². The van der Waals surface area contributed by atoms with E-state index in [2.05, 4.69) is 0 Å². The van der Waals surface area contributed by atoms with Crippen LogP contribution in [0.3, 0.4) is 0 Å². The Morgan fingerprint density at radius 3 is 2.65 bits per heavy atom. The summed E-state index contributed by atoms with van der Waals surface area (Å²) in [6.45, 7) is 3.35. The smallest absolute Gasteiger partial charge is 0.298 e. The van der Waals surface area contributed by atoms with Gasteiger partial charge in [0, 0.05) is 5.56 Å². The molecule has 0 fully saturated rings. The lowest BCUT2D eigenvalue weighted by Gasteiger charge is -2.20. The molecule has 0 aromatic heterocycles. The molecule has 1 aromatic carbocycles. The molecule has 1 rings (SSSR count). The Bertz CT molecular complexity index is 381. The highest BCUT2D eigenvalue weighted by atomic mass is 35.5. The van der Waals surface area contributed by atoms with Gasteiger partial charge in [0.1, 0.15) is 11.9 Å². The summed E-state index contributed by atoms with van der Waals surface area (Å²) < 4.78 is 32.4. The summed E-state index contributed by atoms with van der Waals surface area (Å²) in [6, 6.07) is 3.71. The zero-order chi connectivity index (χ0) is 13.1. The number of hydrogen-bond acceptors (Lipinski definition) is 2. The molecule has 1 aromatic rings. The third-order valence-electron chi connectivity index (χ3n) is 2.30. The number of ether oxygens (including phenoxy) is 1. The van der Waals surface area contributed by atoms with Gasteiger partial charge in [-0.15, -0.1) is 0 Å². The lowest BCUT2D eigenvalue weighted by Crippen LogP contribution is -2.27. The minimum absolute atomic E-state index is 0.214. The summed E-state index contributed by atoms with van der Waals surface area (Å²) in [5.41, 5.74) is -0.303. The molecule has 1 atom stereocenters. The second-order valence-corrected chi connectivity index (χ2v) is 4.20. The molecule has 0 amide bonds. The molecule has 1 N–H and O–H groups in total. The van der Waals surface area contributed by atoms with Gasteiger partial charge in [-0.05, 0) is 25.5 Å². The molecule has 0 aliphatic carbocycles. The SMILES string of the molecule is CCCOc1cc(C(F)(F)C(C)O)ccc1Cl. The van der Waals surface area contributed by atoms with Crippen LogP contribution < -0.4 is 4.74 Å². The van der Waals surface area contributed by atoms with Crippen molar-refractivity contribution in [1.82, 2.24) is 0 Å². The number of aliphatic hydroxyl groups excluding tert-OH is 1. The van der Waals surface area contributed by atoms with Gasteiger partial charge in [-0.2, -0.15) is 8.78 Å². The van der Waals surface area contributed by atoms with E-state index >= 15 is 0 Å². The molecular weight excluding hydrogens is 250 g/mol. The summed E-state index contributed by atoms with van der Waals surface area (Å²) in [7, 11) is 0. The first-order valence-corrected chi connectivity index (χ1v) is 5.76. The van der Waals surface area contributed by atoms with E-state index in [0.29, 0.717) is 6.61 Å². The highest BCUT2D eigenvalue weighted by Crippen LogP contribution is 2.36. The van der Waals surface area contributed by atoms with E-state index in [1.165, 1.54) is 18.2 Å². The predicted octanol–water partition coefficient (Wildman–Crippen LogP) is 3.60. The normalized spacial score (nSPS) is 13.5. The van der Waals surface area contributed by atoms with Crippen LogP contribution in [0.5, 0.6) is 5.75 Å². The number of hydrogen-bond donors (Lipinski definition) is 1. The maximum absolute atomic E-state index is 13.6. The van der Waals surface area contributed by atoms with E-state index in [-0.39, 0.29) is 16.3 Å². The van der Waals surface area contributed by atoms with Gasteiger partial charge in [-0.25, -0.2) is 0 Å². The van der Waals surface area contributed by atoms with Crippen molar-refractivity contribution in [3.63, 3.8) is 0 Å². The van der Waals surface area contributed by atoms with Crippen LogP contribution in [0.4, 0.5) is 8.78 Å². The molecule has 0 saturated carbocycles. The van der Waals surface area contributed by atoms with Crippen LogP contribution in [0.25, 0.3) is 0 Å². The highest BCUT2D eigenvalue weighted by Gasteiger charge is 2.37. The molecule has 2 nitrogen and oxygen atoms in total. The Morgan fingerprint density at radius 1 is 1.47 bits per heavy atom. The molecule has 0 bridgehead atoms. The number of aliphatic hydroxyl groups is 1. The van der Waals surface area contributed by atoms with Crippen LogP contribution in [0, 0.1) is 0 Å². The van der Waals surface area contributed by atoms with Crippen molar-refractivity contribution in [2.75, 3.05) is 6.61 Å². The van der Waals surface area contributed by atoms with Crippen LogP contribution in [0.1, 0.15) is 25.8 Å². The van der Waals surface area contributed by atoms with Crippen molar-refractivity contribution < 1.29 is 18.6 Å². The number of alkyl halides is 2. The van der Waals surface area contributed by atoms with E-state index in [4.69, 9.17) is 21.4 Å². The van der Waals surface area contributed by atoms with Crippen molar-refractivity contribution in [3.05, 3.63) is 28.8 Å². The van der Waals surface area contributed by atoms with Gasteiger partial charge in [0.15, 0.2) is 0 Å². The number of halogens is 3. The second kappa shape index (κ2) is 5.65. The third-order valence-corrected chi connectivity index (χ3v) is 2.61. The molecule has 5 heteroatoms. The van der Waals surface area contributed by atoms with Crippen LogP contribution >= 0.6 is 11.6 Å². The second-order valence-electron chi connectivity index (χ2n) is 3.79. The van der Waals surface area contributed by atoms with Gasteiger partial charge in [-0.3, -0.25) is 0 Å². The van der Waals surface area contributed by atoms with E-state index < -0.39 is 12.0 Å². The van der Waals surface area contributed by atoms with E-state index in [1.807, 2.05) is 6.92 Å². The van der Waals surface area contributed by atoms with Gasteiger partial charge < -0.3 is 9.84 Å². The zero-order valence-electron chi connectivity index (χ0n) is 9.71. The lowest BCUT2D eigenvalue weighted by molar-refractivity contribution is -0.106. The molecular formula is C12H15ClF2O2. The molecule has 96 valence electrons. The van der Waals surface area contributed by atoms with Crippen LogP contribution in [-0.4, -0.2) is 17.8 Å². The largest absolute Gasteiger partial charge is 0.492 e. The lowest BCUT2D eigenvalue weighted by atomic mass is 10.0. The number of rotatable bonds is 5. The third kappa shape index (κ3) is 3.30. The van der Waals surface area contributed by atoms with Gasteiger partial charge in [-0.1, -0.05) is 24.6 Å². The first-order valence-electron chi connectivity index (χ1n) is 5.38. The average Bonchev–Trinajstić information content (AvgIpc) is 2.27. The zero-order valence-corrected chi connectivity index (χ0v) is 10.5. The Labute approximate surface area is 104 Å². The fourth-order valence-electron chi connectivity index (χ4n) is 1.27. The first-order chi connectivity index (χ1) is 7.89. The van der Waals surface area contributed by atoms with E-state index in [1.54, 1.807) is 0 Å². The molecule has 0 aliphatic heterocycles.